The Hall–Kier alpha value is 0.0969. The molecule has 0 aliphatic rings. The quantitative estimate of drug-likeness (QED) is 0.517. The Morgan fingerprint density at radius 1 is 1.62 bits per heavy atom. The van der Waals surface area contributed by atoms with Crippen LogP contribution in [0, 0.1) is 0 Å². The SMILES string of the molecule is CO[Si](C)(N)CCN. The van der Waals surface area contributed by atoms with Crippen molar-refractivity contribution in [1.29, 1.82) is 0 Å². The van der Waals surface area contributed by atoms with Crippen molar-refractivity contribution in [2.24, 2.45) is 11.1 Å². The zero-order valence-corrected chi connectivity index (χ0v) is 6.48. The minimum atomic E-state index is -1.80. The fourth-order valence-corrected chi connectivity index (χ4v) is 1.17. The normalized spacial score (nSPS) is 18.0. The summed E-state index contributed by atoms with van der Waals surface area (Å²) in [5.74, 6) is 0. The van der Waals surface area contributed by atoms with E-state index in [9.17, 15) is 0 Å². The van der Waals surface area contributed by atoms with Crippen LogP contribution >= 0.6 is 0 Å². The smallest absolute Gasteiger partial charge is 0.263 e. The number of hydrogen-bond acceptors (Lipinski definition) is 3. The van der Waals surface area contributed by atoms with Gasteiger partial charge in [-0.05, 0) is 19.1 Å². The highest BCUT2D eigenvalue weighted by Gasteiger charge is 2.19. The monoisotopic (exact) mass is 134 g/mol. The van der Waals surface area contributed by atoms with Crippen LogP contribution in [0.1, 0.15) is 0 Å². The molecule has 4 N–H and O–H groups in total. The van der Waals surface area contributed by atoms with E-state index in [1.54, 1.807) is 7.11 Å². The van der Waals surface area contributed by atoms with Crippen LogP contribution in [-0.2, 0) is 4.43 Å². The van der Waals surface area contributed by atoms with E-state index in [0.717, 1.165) is 6.04 Å². The first-order valence-corrected chi connectivity index (χ1v) is 5.36. The minimum Gasteiger partial charge on any atom is -0.407 e. The Morgan fingerprint density at radius 3 is 2.25 bits per heavy atom. The van der Waals surface area contributed by atoms with Crippen LogP contribution in [0.25, 0.3) is 0 Å². The number of rotatable bonds is 3. The maximum Gasteiger partial charge on any atom is 0.263 e. The van der Waals surface area contributed by atoms with E-state index < -0.39 is 8.48 Å². The number of hydrogen-bond donors (Lipinski definition) is 2. The summed E-state index contributed by atoms with van der Waals surface area (Å²) in [6, 6.07) is 0.837. The summed E-state index contributed by atoms with van der Waals surface area (Å²) in [7, 11) is -0.162. The molecule has 0 aliphatic carbocycles. The van der Waals surface area contributed by atoms with Gasteiger partial charge >= 0.3 is 0 Å². The van der Waals surface area contributed by atoms with Crippen molar-refractivity contribution in [2.45, 2.75) is 12.6 Å². The lowest BCUT2D eigenvalue weighted by atomic mass is 10.8. The van der Waals surface area contributed by atoms with Gasteiger partial charge in [0.2, 0.25) is 0 Å². The van der Waals surface area contributed by atoms with Crippen molar-refractivity contribution < 1.29 is 4.43 Å². The zero-order chi connectivity index (χ0) is 6.62. The first-order valence-electron chi connectivity index (χ1n) is 2.66. The van der Waals surface area contributed by atoms with Crippen LogP contribution in [0.3, 0.4) is 0 Å². The van der Waals surface area contributed by atoms with Gasteiger partial charge in [-0.3, -0.25) is 0 Å². The molecule has 0 saturated heterocycles. The molecule has 3 nitrogen and oxygen atoms in total. The lowest BCUT2D eigenvalue weighted by Gasteiger charge is -2.17. The summed E-state index contributed by atoms with van der Waals surface area (Å²) in [5, 5.41) is 5.66. The third-order valence-electron chi connectivity index (χ3n) is 1.11. The van der Waals surface area contributed by atoms with Crippen molar-refractivity contribution in [3.05, 3.63) is 0 Å². The second-order valence-corrected chi connectivity index (χ2v) is 5.59. The lowest BCUT2D eigenvalue weighted by Crippen LogP contribution is -2.46. The largest absolute Gasteiger partial charge is 0.407 e. The molecule has 0 aliphatic heterocycles. The molecule has 50 valence electrons. The van der Waals surface area contributed by atoms with E-state index in [1.807, 2.05) is 6.55 Å². The summed E-state index contributed by atoms with van der Waals surface area (Å²) in [6.07, 6.45) is 0. The fourth-order valence-electron chi connectivity index (χ4n) is 0.389. The highest BCUT2D eigenvalue weighted by Crippen LogP contribution is 1.98. The van der Waals surface area contributed by atoms with Crippen molar-refractivity contribution in [2.75, 3.05) is 13.7 Å². The van der Waals surface area contributed by atoms with Gasteiger partial charge < -0.3 is 15.6 Å². The van der Waals surface area contributed by atoms with Gasteiger partial charge in [0.15, 0.2) is 0 Å². The van der Waals surface area contributed by atoms with Gasteiger partial charge in [-0.2, -0.15) is 0 Å². The second-order valence-electron chi connectivity index (χ2n) is 2.06. The fraction of sp³-hybridized carbons (Fsp3) is 1.00. The van der Waals surface area contributed by atoms with Gasteiger partial charge in [0.05, 0.1) is 0 Å². The average Bonchev–Trinajstić information content (AvgIpc) is 1.67. The lowest BCUT2D eigenvalue weighted by molar-refractivity contribution is 0.399. The third kappa shape index (κ3) is 3.14. The second kappa shape index (κ2) is 3.19. The molecule has 0 aromatic carbocycles. The minimum absolute atomic E-state index is 0.632. The van der Waals surface area contributed by atoms with Crippen LogP contribution in [-0.4, -0.2) is 22.1 Å². The summed E-state index contributed by atoms with van der Waals surface area (Å²) >= 11 is 0. The summed E-state index contributed by atoms with van der Waals surface area (Å²) in [6.45, 7) is 2.58. The van der Waals surface area contributed by atoms with Gasteiger partial charge in [-0.1, -0.05) is 0 Å². The molecule has 4 heteroatoms. The Kier molecular flexibility index (Phi) is 3.23. The topological polar surface area (TPSA) is 61.3 Å². The van der Waals surface area contributed by atoms with Gasteiger partial charge in [0, 0.05) is 7.11 Å². The molecule has 0 bridgehead atoms. The molecule has 0 fully saturated rings. The molecule has 0 aromatic rings. The van der Waals surface area contributed by atoms with E-state index in [4.69, 9.17) is 15.6 Å². The molecular formula is C4H14N2OSi. The van der Waals surface area contributed by atoms with Crippen LogP contribution in [0.15, 0.2) is 0 Å². The molecule has 1 unspecified atom stereocenters. The van der Waals surface area contributed by atoms with Crippen LogP contribution in [0.2, 0.25) is 12.6 Å². The van der Waals surface area contributed by atoms with E-state index >= 15 is 0 Å². The molecule has 0 spiro atoms. The van der Waals surface area contributed by atoms with Crippen LogP contribution in [0.4, 0.5) is 0 Å². The maximum atomic E-state index is 5.66. The predicted octanol–water partition coefficient (Wildman–Crippen LogP) is -0.378. The molecule has 0 amide bonds. The van der Waals surface area contributed by atoms with Crippen molar-refractivity contribution in [1.82, 2.24) is 0 Å². The molecule has 0 heterocycles. The average molecular weight is 134 g/mol. The Labute approximate surface area is 51.2 Å². The van der Waals surface area contributed by atoms with Crippen LogP contribution in [0.5, 0.6) is 0 Å². The Bertz CT molecular complexity index is 67.1. The van der Waals surface area contributed by atoms with E-state index in [1.165, 1.54) is 0 Å². The predicted molar refractivity (Wildman–Crippen MR) is 36.7 cm³/mol. The first kappa shape index (κ1) is 8.10. The molecule has 0 aromatic heterocycles. The Morgan fingerprint density at radius 2 is 2.12 bits per heavy atom. The highest BCUT2D eigenvalue weighted by atomic mass is 28.4. The van der Waals surface area contributed by atoms with Gasteiger partial charge in [0.1, 0.15) is 0 Å². The number of nitrogens with two attached hydrogens (primary N) is 2. The molecule has 0 saturated carbocycles. The third-order valence-corrected chi connectivity index (χ3v) is 3.32. The molecule has 8 heavy (non-hydrogen) atoms. The highest BCUT2D eigenvalue weighted by molar-refractivity contribution is 6.69. The standard InChI is InChI=1S/C4H14N2OSi/c1-7-8(2,6)4-3-5/h3-6H2,1-2H3. The van der Waals surface area contributed by atoms with Crippen LogP contribution < -0.4 is 11.1 Å². The van der Waals surface area contributed by atoms with E-state index in [0.29, 0.717) is 6.54 Å². The van der Waals surface area contributed by atoms with Gasteiger partial charge in [0.25, 0.3) is 8.48 Å². The first-order chi connectivity index (χ1) is 3.62. The molecule has 0 radical (unpaired) electrons. The molecular weight excluding hydrogens is 120 g/mol. The Balaban J connectivity index is 3.37. The molecule has 0 rings (SSSR count). The van der Waals surface area contributed by atoms with Gasteiger partial charge in [-0.25, -0.2) is 0 Å². The maximum absolute atomic E-state index is 5.66. The summed E-state index contributed by atoms with van der Waals surface area (Å²) < 4.78 is 5.01. The summed E-state index contributed by atoms with van der Waals surface area (Å²) in [5.41, 5.74) is 5.26. The van der Waals surface area contributed by atoms with Crippen molar-refractivity contribution in [3.8, 4) is 0 Å². The summed E-state index contributed by atoms with van der Waals surface area (Å²) in [4.78, 5) is 0. The van der Waals surface area contributed by atoms with E-state index in [2.05, 4.69) is 0 Å². The van der Waals surface area contributed by atoms with Crippen molar-refractivity contribution >= 4 is 8.48 Å². The molecule has 1 atom stereocenters. The zero-order valence-electron chi connectivity index (χ0n) is 5.48. The van der Waals surface area contributed by atoms with E-state index in [-0.39, 0.29) is 0 Å². The van der Waals surface area contributed by atoms with Gasteiger partial charge in [-0.15, -0.1) is 0 Å². The van der Waals surface area contributed by atoms with Crippen molar-refractivity contribution in [3.63, 3.8) is 0 Å².